The molecule has 0 bridgehead atoms. The Morgan fingerprint density at radius 1 is 1.18 bits per heavy atom. The predicted molar refractivity (Wildman–Crippen MR) is 65.2 cm³/mol. The van der Waals surface area contributed by atoms with Crippen LogP contribution in [0.1, 0.15) is 31.2 Å². The van der Waals surface area contributed by atoms with Gasteiger partial charge in [0.2, 0.25) is 0 Å². The van der Waals surface area contributed by atoms with E-state index in [1.807, 2.05) is 0 Å². The maximum Gasteiger partial charge on any atom is 0.285 e. The van der Waals surface area contributed by atoms with Crippen LogP contribution in [-0.4, -0.2) is 13.1 Å². The third-order valence-electron chi connectivity index (χ3n) is 3.50. The van der Waals surface area contributed by atoms with Gasteiger partial charge in [0, 0.05) is 5.56 Å². The smallest absolute Gasteiger partial charge is 0.285 e. The summed E-state index contributed by atoms with van der Waals surface area (Å²) in [4.78, 5) is 0. The standard InChI is InChI=1S/C14H19F2N/c15-14(16,13-7-2-1-3-8-13)11-17-10-9-12-5-4-6-12/h1-3,7-8,12,17H,4-6,9-11H2. The zero-order valence-corrected chi connectivity index (χ0v) is 9.96. The van der Waals surface area contributed by atoms with Crippen molar-refractivity contribution in [3.63, 3.8) is 0 Å². The van der Waals surface area contributed by atoms with E-state index >= 15 is 0 Å². The Kier molecular flexibility index (Phi) is 4.11. The van der Waals surface area contributed by atoms with Crippen molar-refractivity contribution in [1.29, 1.82) is 0 Å². The molecule has 1 nitrogen and oxygen atoms in total. The van der Waals surface area contributed by atoms with E-state index in [1.165, 1.54) is 31.4 Å². The predicted octanol–water partition coefficient (Wildman–Crippen LogP) is 3.56. The normalized spacial score (nSPS) is 16.8. The SMILES string of the molecule is FC(F)(CNCCC1CCC1)c1ccccc1. The Hall–Kier alpha value is -0.960. The van der Waals surface area contributed by atoms with Gasteiger partial charge in [-0.05, 0) is 18.9 Å². The van der Waals surface area contributed by atoms with Crippen LogP contribution in [0.3, 0.4) is 0 Å². The largest absolute Gasteiger partial charge is 0.311 e. The van der Waals surface area contributed by atoms with E-state index in [9.17, 15) is 8.78 Å². The molecular weight excluding hydrogens is 220 g/mol. The third kappa shape index (κ3) is 3.50. The lowest BCUT2D eigenvalue weighted by atomic mass is 9.83. The Morgan fingerprint density at radius 3 is 2.47 bits per heavy atom. The first-order valence-electron chi connectivity index (χ1n) is 6.32. The molecule has 0 unspecified atom stereocenters. The zero-order valence-electron chi connectivity index (χ0n) is 9.96. The van der Waals surface area contributed by atoms with E-state index in [0.29, 0.717) is 6.54 Å². The van der Waals surface area contributed by atoms with E-state index in [0.717, 1.165) is 12.3 Å². The highest BCUT2D eigenvalue weighted by Crippen LogP contribution is 2.29. The van der Waals surface area contributed by atoms with Crippen LogP contribution in [0.5, 0.6) is 0 Å². The van der Waals surface area contributed by atoms with Crippen LogP contribution in [-0.2, 0) is 5.92 Å². The molecule has 0 amide bonds. The Bertz CT molecular complexity index is 333. The molecule has 1 aromatic rings. The number of hydrogen-bond acceptors (Lipinski definition) is 1. The minimum absolute atomic E-state index is 0.0937. The topological polar surface area (TPSA) is 12.0 Å². The fourth-order valence-electron chi connectivity index (χ4n) is 2.12. The number of hydrogen-bond donors (Lipinski definition) is 1. The monoisotopic (exact) mass is 239 g/mol. The van der Waals surface area contributed by atoms with Crippen molar-refractivity contribution in [2.24, 2.45) is 5.92 Å². The average Bonchev–Trinajstić information content (AvgIpc) is 2.27. The fourth-order valence-corrected chi connectivity index (χ4v) is 2.12. The molecule has 1 saturated carbocycles. The summed E-state index contributed by atoms with van der Waals surface area (Å²) >= 11 is 0. The maximum absolute atomic E-state index is 13.7. The van der Waals surface area contributed by atoms with Gasteiger partial charge < -0.3 is 5.32 Å². The molecule has 0 aliphatic heterocycles. The number of benzene rings is 1. The van der Waals surface area contributed by atoms with Crippen molar-refractivity contribution in [2.75, 3.05) is 13.1 Å². The molecule has 0 atom stereocenters. The Labute approximate surface area is 101 Å². The summed E-state index contributed by atoms with van der Waals surface area (Å²) in [5, 5.41) is 2.87. The van der Waals surface area contributed by atoms with E-state index in [1.54, 1.807) is 18.2 Å². The maximum atomic E-state index is 13.7. The average molecular weight is 239 g/mol. The number of nitrogens with one attached hydrogen (secondary N) is 1. The van der Waals surface area contributed by atoms with Crippen molar-refractivity contribution in [2.45, 2.75) is 31.6 Å². The number of halogens is 2. The summed E-state index contributed by atoms with van der Waals surface area (Å²) < 4.78 is 27.4. The molecule has 3 heteroatoms. The summed E-state index contributed by atoms with van der Waals surface area (Å²) in [6, 6.07) is 8.01. The van der Waals surface area contributed by atoms with Crippen LogP contribution in [0.15, 0.2) is 30.3 Å². The molecular formula is C14H19F2N. The minimum Gasteiger partial charge on any atom is -0.311 e. The first kappa shape index (κ1) is 12.5. The van der Waals surface area contributed by atoms with Gasteiger partial charge in [0.25, 0.3) is 5.92 Å². The molecule has 0 radical (unpaired) electrons. The minimum atomic E-state index is -2.76. The number of rotatable bonds is 6. The molecule has 1 aliphatic rings. The van der Waals surface area contributed by atoms with Crippen LogP contribution >= 0.6 is 0 Å². The molecule has 94 valence electrons. The van der Waals surface area contributed by atoms with Crippen LogP contribution in [0, 0.1) is 5.92 Å². The lowest BCUT2D eigenvalue weighted by Crippen LogP contribution is -2.32. The van der Waals surface area contributed by atoms with Gasteiger partial charge in [-0.2, -0.15) is 8.78 Å². The van der Waals surface area contributed by atoms with Gasteiger partial charge in [-0.3, -0.25) is 0 Å². The van der Waals surface area contributed by atoms with E-state index in [2.05, 4.69) is 5.32 Å². The molecule has 1 fully saturated rings. The van der Waals surface area contributed by atoms with E-state index in [-0.39, 0.29) is 12.1 Å². The van der Waals surface area contributed by atoms with Crippen LogP contribution in [0.25, 0.3) is 0 Å². The van der Waals surface area contributed by atoms with E-state index < -0.39 is 5.92 Å². The van der Waals surface area contributed by atoms with Crippen LogP contribution in [0.4, 0.5) is 8.78 Å². The third-order valence-corrected chi connectivity index (χ3v) is 3.50. The van der Waals surface area contributed by atoms with Crippen LogP contribution < -0.4 is 5.32 Å². The number of alkyl halides is 2. The van der Waals surface area contributed by atoms with Gasteiger partial charge >= 0.3 is 0 Å². The van der Waals surface area contributed by atoms with Crippen LogP contribution in [0.2, 0.25) is 0 Å². The fraction of sp³-hybridized carbons (Fsp3) is 0.571. The summed E-state index contributed by atoms with van der Waals surface area (Å²) in [7, 11) is 0. The molecule has 1 aromatic carbocycles. The van der Waals surface area contributed by atoms with Gasteiger partial charge in [0.1, 0.15) is 0 Å². The highest BCUT2D eigenvalue weighted by Gasteiger charge is 2.30. The second-order valence-electron chi connectivity index (χ2n) is 4.83. The quantitative estimate of drug-likeness (QED) is 0.748. The highest BCUT2D eigenvalue weighted by molar-refractivity contribution is 5.20. The summed E-state index contributed by atoms with van der Waals surface area (Å²) in [6.45, 7) is 0.441. The molecule has 1 N–H and O–H groups in total. The summed E-state index contributed by atoms with van der Waals surface area (Å²) in [5.74, 6) is -1.99. The Balaban J connectivity index is 1.73. The van der Waals surface area contributed by atoms with Crippen molar-refractivity contribution in [3.05, 3.63) is 35.9 Å². The zero-order chi connectivity index (χ0) is 12.1. The van der Waals surface area contributed by atoms with Gasteiger partial charge in [-0.25, -0.2) is 0 Å². The first-order valence-corrected chi connectivity index (χ1v) is 6.32. The van der Waals surface area contributed by atoms with Crippen molar-refractivity contribution < 1.29 is 8.78 Å². The molecule has 17 heavy (non-hydrogen) atoms. The van der Waals surface area contributed by atoms with Gasteiger partial charge in [-0.1, -0.05) is 49.6 Å². The molecule has 2 rings (SSSR count). The second kappa shape index (κ2) is 5.58. The molecule has 0 heterocycles. The first-order chi connectivity index (χ1) is 8.18. The van der Waals surface area contributed by atoms with Crippen molar-refractivity contribution >= 4 is 0 Å². The molecule has 0 spiro atoms. The molecule has 0 aromatic heterocycles. The summed E-state index contributed by atoms with van der Waals surface area (Å²) in [5.41, 5.74) is 0.0937. The lowest BCUT2D eigenvalue weighted by Gasteiger charge is -2.25. The van der Waals surface area contributed by atoms with Crippen molar-refractivity contribution in [3.8, 4) is 0 Å². The molecule has 1 aliphatic carbocycles. The summed E-state index contributed by atoms with van der Waals surface area (Å²) in [6.07, 6.45) is 4.89. The van der Waals surface area contributed by atoms with Gasteiger partial charge in [0.05, 0.1) is 6.54 Å². The van der Waals surface area contributed by atoms with Crippen molar-refractivity contribution in [1.82, 2.24) is 5.32 Å². The van der Waals surface area contributed by atoms with Gasteiger partial charge in [-0.15, -0.1) is 0 Å². The Morgan fingerprint density at radius 2 is 1.88 bits per heavy atom. The highest BCUT2D eigenvalue weighted by atomic mass is 19.3. The van der Waals surface area contributed by atoms with Gasteiger partial charge in [0.15, 0.2) is 0 Å². The molecule has 0 saturated heterocycles. The second-order valence-corrected chi connectivity index (χ2v) is 4.83. The van der Waals surface area contributed by atoms with E-state index in [4.69, 9.17) is 0 Å². The lowest BCUT2D eigenvalue weighted by molar-refractivity contribution is -0.00342.